The van der Waals surface area contributed by atoms with E-state index in [4.69, 9.17) is 10.00 Å². The fraction of sp³-hybridized carbons (Fsp3) is 0.0870. The van der Waals surface area contributed by atoms with Crippen LogP contribution in [0.2, 0.25) is 0 Å². The van der Waals surface area contributed by atoms with Crippen molar-refractivity contribution >= 4 is 23.2 Å². The highest BCUT2D eigenvalue weighted by Gasteiger charge is 2.26. The number of nitrogens with one attached hydrogen (secondary N) is 1. The molecule has 1 aliphatic heterocycles. The summed E-state index contributed by atoms with van der Waals surface area (Å²) in [5.41, 5.74) is 3.86. The first kappa shape index (κ1) is 18.3. The minimum absolute atomic E-state index is 0.0309. The van der Waals surface area contributed by atoms with E-state index in [1.165, 1.54) is 4.90 Å². The van der Waals surface area contributed by atoms with Gasteiger partial charge in [-0.1, -0.05) is 36.4 Å². The van der Waals surface area contributed by atoms with Crippen LogP contribution in [-0.4, -0.2) is 25.0 Å². The van der Waals surface area contributed by atoms with Gasteiger partial charge in [-0.15, -0.1) is 0 Å². The average Bonchev–Trinajstić information content (AvgIpc) is 2.77. The first-order chi connectivity index (χ1) is 14.1. The van der Waals surface area contributed by atoms with Gasteiger partial charge in [0, 0.05) is 0 Å². The SMILES string of the molecule is N#Cc1ccc(-c2ccc(OCC(=O)N3CC(=O)Nc4ccccc43)cc2)cc1. The first-order valence-electron chi connectivity index (χ1n) is 9.07. The van der Waals surface area contributed by atoms with Gasteiger partial charge in [0.05, 0.1) is 23.0 Å². The highest BCUT2D eigenvalue weighted by atomic mass is 16.5. The number of benzene rings is 3. The Labute approximate surface area is 168 Å². The quantitative estimate of drug-likeness (QED) is 0.746. The van der Waals surface area contributed by atoms with Gasteiger partial charge in [0.1, 0.15) is 12.3 Å². The summed E-state index contributed by atoms with van der Waals surface area (Å²) >= 11 is 0. The number of hydrogen-bond acceptors (Lipinski definition) is 4. The van der Waals surface area contributed by atoms with Crippen molar-refractivity contribution in [3.63, 3.8) is 0 Å². The van der Waals surface area contributed by atoms with Crippen LogP contribution in [0, 0.1) is 11.3 Å². The summed E-state index contributed by atoms with van der Waals surface area (Å²) in [6.07, 6.45) is 0. The van der Waals surface area contributed by atoms with Crippen molar-refractivity contribution in [1.82, 2.24) is 0 Å². The number of nitrogens with zero attached hydrogens (tertiary/aromatic N) is 2. The largest absolute Gasteiger partial charge is 0.484 e. The van der Waals surface area contributed by atoms with E-state index in [2.05, 4.69) is 11.4 Å². The number of carbonyl (C=O) groups excluding carboxylic acids is 2. The lowest BCUT2D eigenvalue weighted by atomic mass is 10.0. The third-order valence-electron chi connectivity index (χ3n) is 4.64. The van der Waals surface area contributed by atoms with Gasteiger partial charge in [-0.05, 0) is 47.5 Å². The van der Waals surface area contributed by atoms with Gasteiger partial charge in [0.15, 0.2) is 6.61 Å². The van der Waals surface area contributed by atoms with Gasteiger partial charge in [0.25, 0.3) is 5.91 Å². The summed E-state index contributed by atoms with van der Waals surface area (Å²) in [6.45, 7) is -0.200. The van der Waals surface area contributed by atoms with Gasteiger partial charge in [-0.25, -0.2) is 0 Å². The molecule has 0 unspecified atom stereocenters. The Hall–Kier alpha value is -4.11. The lowest BCUT2D eigenvalue weighted by Gasteiger charge is -2.29. The highest BCUT2D eigenvalue weighted by molar-refractivity contribution is 6.10. The Morgan fingerprint density at radius 2 is 1.66 bits per heavy atom. The zero-order valence-electron chi connectivity index (χ0n) is 15.5. The number of carbonyl (C=O) groups is 2. The number of nitriles is 1. The summed E-state index contributed by atoms with van der Waals surface area (Å²) in [5.74, 6) is 0.0396. The monoisotopic (exact) mass is 383 g/mol. The normalized spacial score (nSPS) is 12.5. The highest BCUT2D eigenvalue weighted by Crippen LogP contribution is 2.29. The molecule has 142 valence electrons. The second-order valence-electron chi connectivity index (χ2n) is 6.55. The molecule has 0 fully saturated rings. The van der Waals surface area contributed by atoms with Crippen LogP contribution >= 0.6 is 0 Å². The Balaban J connectivity index is 1.42. The Morgan fingerprint density at radius 1 is 1.00 bits per heavy atom. The predicted octanol–water partition coefficient (Wildman–Crippen LogP) is 3.59. The van der Waals surface area contributed by atoms with Gasteiger partial charge in [-0.3, -0.25) is 14.5 Å². The molecule has 4 rings (SSSR count). The van der Waals surface area contributed by atoms with Crippen molar-refractivity contribution in [2.75, 3.05) is 23.4 Å². The van der Waals surface area contributed by atoms with Crippen molar-refractivity contribution < 1.29 is 14.3 Å². The fourth-order valence-corrected chi connectivity index (χ4v) is 3.16. The van der Waals surface area contributed by atoms with E-state index in [1.54, 1.807) is 42.5 Å². The molecule has 29 heavy (non-hydrogen) atoms. The zero-order chi connectivity index (χ0) is 20.2. The minimum Gasteiger partial charge on any atom is -0.484 e. The molecule has 3 aromatic rings. The maximum absolute atomic E-state index is 12.6. The molecule has 1 N–H and O–H groups in total. The second-order valence-corrected chi connectivity index (χ2v) is 6.55. The van der Waals surface area contributed by atoms with E-state index >= 15 is 0 Å². The Bertz CT molecular complexity index is 1100. The summed E-state index contributed by atoms with van der Waals surface area (Å²) in [5, 5.41) is 11.6. The van der Waals surface area contributed by atoms with E-state index in [-0.39, 0.29) is 25.0 Å². The van der Waals surface area contributed by atoms with Crippen LogP contribution in [0.3, 0.4) is 0 Å². The summed E-state index contributed by atoms with van der Waals surface area (Å²) in [6, 6.07) is 23.9. The lowest BCUT2D eigenvalue weighted by Crippen LogP contribution is -2.44. The van der Waals surface area contributed by atoms with Crippen molar-refractivity contribution in [3.8, 4) is 22.9 Å². The molecule has 6 heteroatoms. The summed E-state index contributed by atoms with van der Waals surface area (Å²) in [7, 11) is 0. The fourth-order valence-electron chi connectivity index (χ4n) is 3.16. The van der Waals surface area contributed by atoms with E-state index in [0.717, 1.165) is 11.1 Å². The minimum atomic E-state index is -0.288. The van der Waals surface area contributed by atoms with Crippen LogP contribution in [0.5, 0.6) is 5.75 Å². The van der Waals surface area contributed by atoms with Crippen molar-refractivity contribution in [2.24, 2.45) is 0 Å². The van der Waals surface area contributed by atoms with Crippen LogP contribution in [-0.2, 0) is 9.59 Å². The molecule has 0 saturated carbocycles. The van der Waals surface area contributed by atoms with Crippen LogP contribution < -0.4 is 15.0 Å². The van der Waals surface area contributed by atoms with Gasteiger partial charge in [0.2, 0.25) is 5.91 Å². The molecule has 1 aliphatic rings. The average molecular weight is 383 g/mol. The number of hydrogen-bond donors (Lipinski definition) is 1. The molecule has 0 saturated heterocycles. The topological polar surface area (TPSA) is 82.4 Å². The predicted molar refractivity (Wildman–Crippen MR) is 110 cm³/mol. The maximum atomic E-state index is 12.6. The molecule has 0 atom stereocenters. The van der Waals surface area contributed by atoms with Crippen molar-refractivity contribution in [2.45, 2.75) is 0 Å². The van der Waals surface area contributed by atoms with Gasteiger partial charge in [-0.2, -0.15) is 5.26 Å². The van der Waals surface area contributed by atoms with Crippen LogP contribution in [0.1, 0.15) is 5.56 Å². The van der Waals surface area contributed by atoms with E-state index in [9.17, 15) is 9.59 Å². The van der Waals surface area contributed by atoms with E-state index in [0.29, 0.717) is 22.7 Å². The molecule has 0 aromatic heterocycles. The van der Waals surface area contributed by atoms with Crippen LogP contribution in [0.25, 0.3) is 11.1 Å². The maximum Gasteiger partial charge on any atom is 0.265 e. The molecule has 0 radical (unpaired) electrons. The molecule has 0 bridgehead atoms. The number of fused-ring (bicyclic) bond motifs is 1. The third-order valence-corrected chi connectivity index (χ3v) is 4.64. The molecule has 1 heterocycles. The number of amides is 2. The summed E-state index contributed by atoms with van der Waals surface area (Å²) < 4.78 is 5.63. The zero-order valence-corrected chi connectivity index (χ0v) is 15.5. The van der Waals surface area contributed by atoms with Gasteiger partial charge < -0.3 is 10.1 Å². The van der Waals surface area contributed by atoms with Crippen molar-refractivity contribution in [3.05, 3.63) is 78.4 Å². The van der Waals surface area contributed by atoms with Gasteiger partial charge >= 0.3 is 0 Å². The molecular weight excluding hydrogens is 366 g/mol. The van der Waals surface area contributed by atoms with E-state index in [1.807, 2.05) is 30.3 Å². The van der Waals surface area contributed by atoms with Crippen LogP contribution in [0.4, 0.5) is 11.4 Å². The molecule has 6 nitrogen and oxygen atoms in total. The summed E-state index contributed by atoms with van der Waals surface area (Å²) in [4.78, 5) is 25.9. The number of anilines is 2. The van der Waals surface area contributed by atoms with E-state index < -0.39 is 0 Å². The Morgan fingerprint density at radius 3 is 2.34 bits per heavy atom. The third kappa shape index (κ3) is 3.94. The number of para-hydroxylation sites is 2. The molecule has 0 spiro atoms. The lowest BCUT2D eigenvalue weighted by molar-refractivity contribution is -0.123. The second kappa shape index (κ2) is 7.87. The smallest absolute Gasteiger partial charge is 0.265 e. The molecule has 3 aromatic carbocycles. The Kier molecular flexibility index (Phi) is 4.95. The van der Waals surface area contributed by atoms with Crippen LogP contribution in [0.15, 0.2) is 72.8 Å². The molecule has 0 aliphatic carbocycles. The standard InChI is InChI=1S/C23H17N3O3/c24-13-16-5-7-17(8-6-16)18-9-11-19(12-10-18)29-15-23(28)26-14-22(27)25-20-3-1-2-4-21(20)26/h1-12H,14-15H2,(H,25,27). The molecular formula is C23H17N3O3. The van der Waals surface area contributed by atoms with Crippen molar-refractivity contribution in [1.29, 1.82) is 5.26 Å². The number of rotatable bonds is 4. The number of ether oxygens (including phenoxy) is 1. The molecule has 2 amide bonds. The first-order valence-corrected chi connectivity index (χ1v) is 9.07.